The first-order valence-electron chi connectivity index (χ1n) is 10.4. The number of fused-ring (bicyclic) bond motifs is 1. The number of H-pyrrole nitrogens is 1. The first-order valence-corrected chi connectivity index (χ1v) is 10.8. The molecule has 1 atom stereocenters. The molecule has 1 amide bonds. The summed E-state index contributed by atoms with van der Waals surface area (Å²) in [4.78, 5) is 30.1. The molecule has 0 aliphatic carbocycles. The number of morpholine rings is 1. The van der Waals surface area contributed by atoms with Gasteiger partial charge in [0.05, 0.1) is 29.3 Å². The van der Waals surface area contributed by atoms with Gasteiger partial charge < -0.3 is 15.0 Å². The van der Waals surface area contributed by atoms with E-state index in [9.17, 15) is 9.59 Å². The Hall–Kier alpha value is -2.61. The molecule has 1 aliphatic heterocycles. The number of benzene rings is 2. The van der Waals surface area contributed by atoms with Gasteiger partial charge in [0.1, 0.15) is 6.54 Å². The number of ether oxygens (including phenoxy) is 1. The Morgan fingerprint density at radius 1 is 1.23 bits per heavy atom. The maximum absolute atomic E-state index is 12.8. The summed E-state index contributed by atoms with van der Waals surface area (Å²) in [5.74, 6) is -0.210. The quantitative estimate of drug-likeness (QED) is 0.615. The summed E-state index contributed by atoms with van der Waals surface area (Å²) in [6.45, 7) is 6.68. The molecule has 1 unspecified atom stereocenters. The summed E-state index contributed by atoms with van der Waals surface area (Å²) < 4.78 is 7.32. The second-order valence-corrected chi connectivity index (χ2v) is 8.92. The van der Waals surface area contributed by atoms with Gasteiger partial charge in [-0.05, 0) is 43.7 Å². The molecular formula is C23H27ClN4O3. The van der Waals surface area contributed by atoms with Gasteiger partial charge in [-0.3, -0.25) is 14.3 Å². The van der Waals surface area contributed by atoms with Crippen LogP contribution in [0.3, 0.4) is 0 Å². The highest BCUT2D eigenvalue weighted by atomic mass is 35.5. The molecular weight excluding hydrogens is 416 g/mol. The molecule has 7 nitrogen and oxygen atoms in total. The van der Waals surface area contributed by atoms with Crippen LogP contribution in [0.2, 0.25) is 5.02 Å². The fourth-order valence-electron chi connectivity index (χ4n) is 4.14. The van der Waals surface area contributed by atoms with Gasteiger partial charge in [0.2, 0.25) is 5.91 Å². The molecule has 4 rings (SSSR count). The van der Waals surface area contributed by atoms with Gasteiger partial charge in [0.25, 0.3) is 0 Å². The molecule has 2 aromatic carbocycles. The van der Waals surface area contributed by atoms with Crippen molar-refractivity contribution in [2.75, 3.05) is 26.2 Å². The minimum Gasteiger partial charge on any atom is -0.373 e. The number of carbonyl (C=O) groups excluding carboxylic acids is 1. The largest absolute Gasteiger partial charge is 0.373 e. The lowest BCUT2D eigenvalue weighted by molar-refractivity contribution is -0.122. The molecule has 2 N–H and O–H groups in total. The van der Waals surface area contributed by atoms with Crippen molar-refractivity contribution in [1.82, 2.24) is 19.8 Å². The minimum absolute atomic E-state index is 0.0240. The van der Waals surface area contributed by atoms with E-state index in [1.54, 1.807) is 0 Å². The second kappa shape index (κ2) is 8.86. The van der Waals surface area contributed by atoms with Gasteiger partial charge in [-0.2, -0.15) is 0 Å². The minimum atomic E-state index is -0.291. The van der Waals surface area contributed by atoms with E-state index in [0.717, 1.165) is 24.2 Å². The Morgan fingerprint density at radius 2 is 1.97 bits per heavy atom. The van der Waals surface area contributed by atoms with Crippen LogP contribution in [0.25, 0.3) is 11.0 Å². The van der Waals surface area contributed by atoms with Crippen LogP contribution in [-0.4, -0.2) is 52.2 Å². The normalized spacial score (nSPS) is 17.5. The van der Waals surface area contributed by atoms with Gasteiger partial charge in [-0.25, -0.2) is 4.79 Å². The number of nitrogens with one attached hydrogen (secondary N) is 2. The molecule has 1 saturated heterocycles. The Morgan fingerprint density at radius 3 is 2.71 bits per heavy atom. The monoisotopic (exact) mass is 442 g/mol. The van der Waals surface area contributed by atoms with Gasteiger partial charge >= 0.3 is 5.69 Å². The zero-order valence-corrected chi connectivity index (χ0v) is 18.5. The van der Waals surface area contributed by atoms with Gasteiger partial charge in [-0.1, -0.05) is 35.9 Å². The van der Waals surface area contributed by atoms with Crippen molar-refractivity contribution in [2.45, 2.75) is 32.0 Å². The number of hydrogen-bond acceptors (Lipinski definition) is 4. The third-order valence-corrected chi connectivity index (χ3v) is 5.88. The maximum atomic E-state index is 12.8. The van der Waals surface area contributed by atoms with Crippen molar-refractivity contribution < 1.29 is 9.53 Å². The Kier molecular flexibility index (Phi) is 6.18. The van der Waals surface area contributed by atoms with Crippen molar-refractivity contribution in [3.63, 3.8) is 0 Å². The van der Waals surface area contributed by atoms with E-state index in [4.69, 9.17) is 16.3 Å². The summed E-state index contributed by atoms with van der Waals surface area (Å²) in [7, 11) is 0. The van der Waals surface area contributed by atoms with Crippen LogP contribution in [0.1, 0.15) is 25.5 Å². The summed E-state index contributed by atoms with van der Waals surface area (Å²) in [6.07, 6.45) is 0. The first-order chi connectivity index (χ1) is 14.8. The van der Waals surface area contributed by atoms with E-state index in [1.807, 2.05) is 48.5 Å². The lowest BCUT2D eigenvalue weighted by Crippen LogP contribution is -2.51. The number of imidazole rings is 1. The molecule has 1 aliphatic rings. The van der Waals surface area contributed by atoms with Gasteiger partial charge in [-0.15, -0.1) is 0 Å². The number of nitrogens with zero attached hydrogens (tertiary/aromatic N) is 2. The number of halogens is 1. The third kappa shape index (κ3) is 5.01. The predicted molar refractivity (Wildman–Crippen MR) is 121 cm³/mol. The molecule has 0 spiro atoms. The number of para-hydroxylation sites is 2. The zero-order valence-electron chi connectivity index (χ0n) is 17.7. The maximum Gasteiger partial charge on any atom is 0.326 e. The van der Waals surface area contributed by atoms with Gasteiger partial charge in [0, 0.05) is 24.7 Å². The smallest absolute Gasteiger partial charge is 0.326 e. The third-order valence-electron chi connectivity index (χ3n) is 5.63. The highest BCUT2D eigenvalue weighted by molar-refractivity contribution is 6.30. The Labute approximate surface area is 186 Å². The van der Waals surface area contributed by atoms with E-state index in [0.29, 0.717) is 23.7 Å². The fourth-order valence-corrected chi connectivity index (χ4v) is 4.26. The first kappa shape index (κ1) is 21.6. The van der Waals surface area contributed by atoms with Crippen LogP contribution in [0.15, 0.2) is 53.3 Å². The highest BCUT2D eigenvalue weighted by Crippen LogP contribution is 2.27. The van der Waals surface area contributed by atoms with Crippen molar-refractivity contribution in [2.24, 2.45) is 0 Å². The second-order valence-electron chi connectivity index (χ2n) is 8.48. The summed E-state index contributed by atoms with van der Waals surface area (Å²) in [5, 5.41) is 3.70. The SMILES string of the molecule is CC1(C)CN(C(CNC(=O)Cn2c(=O)[nH]c3ccccc32)c2ccc(Cl)cc2)CCO1. The van der Waals surface area contributed by atoms with Crippen molar-refractivity contribution >= 4 is 28.5 Å². The number of carbonyl (C=O) groups is 1. The molecule has 164 valence electrons. The average Bonchev–Trinajstić information content (AvgIpc) is 3.04. The molecule has 0 bridgehead atoms. The average molecular weight is 443 g/mol. The van der Waals surface area contributed by atoms with Crippen LogP contribution in [0, 0.1) is 0 Å². The Bertz CT molecular complexity index is 1120. The van der Waals surface area contributed by atoms with E-state index in [1.165, 1.54) is 4.57 Å². The van der Waals surface area contributed by atoms with E-state index in [2.05, 4.69) is 29.0 Å². The van der Waals surface area contributed by atoms with E-state index >= 15 is 0 Å². The fraction of sp³-hybridized carbons (Fsp3) is 0.391. The molecule has 2 heterocycles. The summed E-state index contributed by atoms with van der Waals surface area (Å²) >= 11 is 6.08. The number of aromatic amines is 1. The van der Waals surface area contributed by atoms with Gasteiger partial charge in [0.15, 0.2) is 0 Å². The topological polar surface area (TPSA) is 79.4 Å². The lowest BCUT2D eigenvalue weighted by atomic mass is 10.0. The summed E-state index contributed by atoms with van der Waals surface area (Å²) in [6, 6.07) is 15.0. The number of amides is 1. The number of aromatic nitrogens is 2. The number of rotatable bonds is 6. The van der Waals surface area contributed by atoms with Crippen LogP contribution in [-0.2, 0) is 16.1 Å². The Balaban J connectivity index is 1.50. The van der Waals surface area contributed by atoms with Crippen LogP contribution in [0.5, 0.6) is 0 Å². The highest BCUT2D eigenvalue weighted by Gasteiger charge is 2.32. The zero-order chi connectivity index (χ0) is 22.0. The van der Waals surface area contributed by atoms with Crippen LogP contribution >= 0.6 is 11.6 Å². The molecule has 8 heteroatoms. The molecule has 1 fully saturated rings. The molecule has 31 heavy (non-hydrogen) atoms. The standard InChI is InChI=1S/C23H27ClN4O3/c1-23(2)15-27(11-12-31-23)20(16-7-9-17(24)10-8-16)13-25-21(29)14-28-19-6-4-3-5-18(19)26-22(28)30/h3-10,20H,11-15H2,1-2H3,(H,25,29)(H,26,30). The number of hydrogen-bond donors (Lipinski definition) is 2. The van der Waals surface area contributed by atoms with Crippen LogP contribution < -0.4 is 11.0 Å². The molecule has 3 aromatic rings. The predicted octanol–water partition coefficient (Wildman–Crippen LogP) is 2.95. The van der Waals surface area contributed by atoms with Crippen molar-refractivity contribution in [3.8, 4) is 0 Å². The van der Waals surface area contributed by atoms with Crippen molar-refractivity contribution in [1.29, 1.82) is 0 Å². The molecule has 0 saturated carbocycles. The lowest BCUT2D eigenvalue weighted by Gasteiger charge is -2.42. The molecule has 0 radical (unpaired) electrons. The van der Waals surface area contributed by atoms with Crippen LogP contribution in [0.4, 0.5) is 0 Å². The van der Waals surface area contributed by atoms with E-state index in [-0.39, 0.29) is 29.8 Å². The molecule has 1 aromatic heterocycles. The summed E-state index contributed by atoms with van der Waals surface area (Å²) in [5.41, 5.74) is 1.96. The van der Waals surface area contributed by atoms with E-state index < -0.39 is 0 Å². The van der Waals surface area contributed by atoms with Crippen molar-refractivity contribution in [3.05, 3.63) is 69.6 Å².